The van der Waals surface area contributed by atoms with Gasteiger partial charge in [0.2, 0.25) is 0 Å². The van der Waals surface area contributed by atoms with Crippen molar-refractivity contribution in [1.82, 2.24) is 5.32 Å². The van der Waals surface area contributed by atoms with Crippen molar-refractivity contribution in [3.05, 3.63) is 58.6 Å². The number of carbonyl (C=O) groups is 1. The van der Waals surface area contributed by atoms with Gasteiger partial charge in [-0.1, -0.05) is 29.8 Å². The number of urea groups is 1. The van der Waals surface area contributed by atoms with Crippen molar-refractivity contribution in [1.29, 1.82) is 0 Å². The number of hydrogen-bond acceptors (Lipinski definition) is 2. The molecular formula is C19H23ClN2O2. The largest absolute Gasteiger partial charge is 0.490 e. The molecule has 0 saturated heterocycles. The molecule has 0 spiro atoms. The molecule has 2 aromatic carbocycles. The molecule has 0 aliphatic carbocycles. The molecule has 0 atom stereocenters. The average Bonchev–Trinajstić information content (AvgIpc) is 2.55. The number of anilines is 1. The molecule has 5 heteroatoms. The van der Waals surface area contributed by atoms with E-state index in [1.165, 1.54) is 0 Å². The van der Waals surface area contributed by atoms with Gasteiger partial charge < -0.3 is 10.1 Å². The summed E-state index contributed by atoms with van der Waals surface area (Å²) in [5, 5.41) is 3.45. The molecule has 128 valence electrons. The summed E-state index contributed by atoms with van der Waals surface area (Å²) in [5.41, 5.74) is 3.09. The number of amides is 2. The molecule has 24 heavy (non-hydrogen) atoms. The van der Waals surface area contributed by atoms with Gasteiger partial charge in [0.25, 0.3) is 0 Å². The van der Waals surface area contributed by atoms with Gasteiger partial charge in [-0.05, 0) is 56.2 Å². The Morgan fingerprint density at radius 1 is 1.17 bits per heavy atom. The standard InChI is InChI=1S/C19H23ClN2O2/c1-4-22(16-7-5-6-14(2)12-16)19(23)21-10-11-24-18-13-15(3)8-9-17(18)20/h5-9,12-13H,4,10-11H2,1-3H3,(H,21,23). The van der Waals surface area contributed by atoms with E-state index in [9.17, 15) is 4.79 Å². The second kappa shape index (κ2) is 8.60. The second-order valence-corrected chi connectivity index (χ2v) is 6.00. The Kier molecular flexibility index (Phi) is 6.50. The molecule has 0 aliphatic rings. The molecule has 1 N–H and O–H groups in total. The van der Waals surface area contributed by atoms with Crippen LogP contribution in [0.15, 0.2) is 42.5 Å². The molecule has 2 amide bonds. The summed E-state index contributed by atoms with van der Waals surface area (Å²) in [6.45, 7) is 7.30. The van der Waals surface area contributed by atoms with Gasteiger partial charge in [0, 0.05) is 12.2 Å². The number of carbonyl (C=O) groups excluding carboxylic acids is 1. The highest BCUT2D eigenvalue weighted by Crippen LogP contribution is 2.25. The van der Waals surface area contributed by atoms with E-state index in [2.05, 4.69) is 5.32 Å². The minimum Gasteiger partial charge on any atom is -0.490 e. The fourth-order valence-electron chi connectivity index (χ4n) is 2.37. The van der Waals surface area contributed by atoms with Crippen molar-refractivity contribution in [3.8, 4) is 5.75 Å². The first kappa shape index (κ1) is 18.1. The molecule has 2 aromatic rings. The molecule has 0 aliphatic heterocycles. The molecule has 0 fully saturated rings. The van der Waals surface area contributed by atoms with E-state index in [1.807, 2.05) is 57.2 Å². The average molecular weight is 347 g/mol. The Balaban J connectivity index is 1.86. The van der Waals surface area contributed by atoms with Crippen LogP contribution in [0.25, 0.3) is 0 Å². The predicted molar refractivity (Wildman–Crippen MR) is 99.3 cm³/mol. The van der Waals surface area contributed by atoms with Gasteiger partial charge >= 0.3 is 6.03 Å². The van der Waals surface area contributed by atoms with Crippen molar-refractivity contribution in [3.63, 3.8) is 0 Å². The summed E-state index contributed by atoms with van der Waals surface area (Å²) < 4.78 is 5.64. The van der Waals surface area contributed by atoms with Crippen LogP contribution in [0.2, 0.25) is 5.02 Å². The number of benzene rings is 2. The summed E-state index contributed by atoms with van der Waals surface area (Å²) >= 11 is 6.08. The maximum Gasteiger partial charge on any atom is 0.321 e. The zero-order chi connectivity index (χ0) is 17.5. The van der Waals surface area contributed by atoms with Crippen molar-refractivity contribution in [2.45, 2.75) is 20.8 Å². The Labute approximate surface area is 148 Å². The summed E-state index contributed by atoms with van der Waals surface area (Å²) in [7, 11) is 0. The minimum absolute atomic E-state index is 0.137. The first-order valence-corrected chi connectivity index (χ1v) is 8.40. The van der Waals surface area contributed by atoms with Crippen molar-refractivity contribution < 1.29 is 9.53 Å². The van der Waals surface area contributed by atoms with E-state index in [-0.39, 0.29) is 6.03 Å². The topological polar surface area (TPSA) is 41.6 Å². The molecule has 0 radical (unpaired) electrons. The van der Waals surface area contributed by atoms with Crippen LogP contribution in [-0.4, -0.2) is 25.7 Å². The molecule has 0 aromatic heterocycles. The van der Waals surface area contributed by atoms with Crippen molar-refractivity contribution >= 4 is 23.3 Å². The van der Waals surface area contributed by atoms with Crippen LogP contribution in [-0.2, 0) is 0 Å². The molecule has 0 saturated carbocycles. The quantitative estimate of drug-likeness (QED) is 0.778. The minimum atomic E-state index is -0.137. The highest BCUT2D eigenvalue weighted by atomic mass is 35.5. The van der Waals surface area contributed by atoms with E-state index >= 15 is 0 Å². The van der Waals surface area contributed by atoms with Gasteiger partial charge in [0.1, 0.15) is 12.4 Å². The summed E-state index contributed by atoms with van der Waals surface area (Å²) in [5.74, 6) is 0.636. The number of hydrogen-bond donors (Lipinski definition) is 1. The number of rotatable bonds is 6. The number of nitrogens with zero attached hydrogens (tertiary/aromatic N) is 1. The monoisotopic (exact) mass is 346 g/mol. The summed E-state index contributed by atoms with van der Waals surface area (Å²) in [4.78, 5) is 14.1. The summed E-state index contributed by atoms with van der Waals surface area (Å²) in [6.07, 6.45) is 0. The van der Waals surface area contributed by atoms with Crippen LogP contribution in [0.3, 0.4) is 0 Å². The smallest absolute Gasteiger partial charge is 0.321 e. The van der Waals surface area contributed by atoms with Crippen LogP contribution >= 0.6 is 11.6 Å². The van der Waals surface area contributed by atoms with E-state index in [0.717, 1.165) is 16.8 Å². The van der Waals surface area contributed by atoms with Crippen LogP contribution in [0.1, 0.15) is 18.1 Å². The van der Waals surface area contributed by atoms with E-state index in [1.54, 1.807) is 11.0 Å². The summed E-state index contributed by atoms with van der Waals surface area (Å²) in [6, 6.07) is 13.4. The third-order valence-electron chi connectivity index (χ3n) is 3.60. The molecule has 0 unspecified atom stereocenters. The zero-order valence-electron chi connectivity index (χ0n) is 14.3. The number of halogens is 1. The van der Waals surface area contributed by atoms with Gasteiger partial charge in [0.15, 0.2) is 0 Å². The van der Waals surface area contributed by atoms with E-state index < -0.39 is 0 Å². The Morgan fingerprint density at radius 3 is 2.62 bits per heavy atom. The van der Waals surface area contributed by atoms with Crippen molar-refractivity contribution in [2.75, 3.05) is 24.6 Å². The normalized spacial score (nSPS) is 10.3. The van der Waals surface area contributed by atoms with Gasteiger partial charge in [-0.15, -0.1) is 0 Å². The number of aryl methyl sites for hydroxylation is 2. The van der Waals surface area contributed by atoms with E-state index in [4.69, 9.17) is 16.3 Å². The molecular weight excluding hydrogens is 324 g/mol. The van der Waals surface area contributed by atoms with Crippen molar-refractivity contribution in [2.24, 2.45) is 0 Å². The first-order valence-electron chi connectivity index (χ1n) is 8.02. The van der Waals surface area contributed by atoms with Crippen LogP contribution in [0, 0.1) is 13.8 Å². The lowest BCUT2D eigenvalue weighted by atomic mass is 10.2. The van der Waals surface area contributed by atoms with Crippen LogP contribution < -0.4 is 15.0 Å². The second-order valence-electron chi connectivity index (χ2n) is 5.60. The van der Waals surface area contributed by atoms with Gasteiger partial charge in [-0.2, -0.15) is 0 Å². The fourth-order valence-corrected chi connectivity index (χ4v) is 2.55. The highest BCUT2D eigenvalue weighted by molar-refractivity contribution is 6.32. The maximum absolute atomic E-state index is 12.4. The lowest BCUT2D eigenvalue weighted by Crippen LogP contribution is -2.41. The lowest BCUT2D eigenvalue weighted by molar-refractivity contribution is 0.242. The molecule has 0 heterocycles. The number of ether oxygens (including phenoxy) is 1. The SMILES string of the molecule is CCN(C(=O)NCCOc1cc(C)ccc1Cl)c1cccc(C)c1. The molecule has 4 nitrogen and oxygen atoms in total. The van der Waals surface area contributed by atoms with E-state index in [0.29, 0.717) is 30.5 Å². The highest BCUT2D eigenvalue weighted by Gasteiger charge is 2.13. The van der Waals surface area contributed by atoms with Crippen LogP contribution in [0.5, 0.6) is 5.75 Å². The first-order chi connectivity index (χ1) is 11.5. The third-order valence-corrected chi connectivity index (χ3v) is 3.91. The Hall–Kier alpha value is -2.20. The molecule has 2 rings (SSSR count). The van der Waals surface area contributed by atoms with Gasteiger partial charge in [-0.3, -0.25) is 4.90 Å². The van der Waals surface area contributed by atoms with Gasteiger partial charge in [-0.25, -0.2) is 4.79 Å². The van der Waals surface area contributed by atoms with Crippen LogP contribution in [0.4, 0.5) is 10.5 Å². The van der Waals surface area contributed by atoms with Gasteiger partial charge in [0.05, 0.1) is 11.6 Å². The maximum atomic E-state index is 12.4. The zero-order valence-corrected chi connectivity index (χ0v) is 15.1. The fraction of sp³-hybridized carbons (Fsp3) is 0.316. The molecule has 0 bridgehead atoms. The Bertz CT molecular complexity index is 704. The number of nitrogens with one attached hydrogen (secondary N) is 1. The Morgan fingerprint density at radius 2 is 1.92 bits per heavy atom. The predicted octanol–water partition coefficient (Wildman–Crippen LogP) is 4.57. The lowest BCUT2D eigenvalue weighted by Gasteiger charge is -2.22. The third kappa shape index (κ3) is 4.90.